The number of alkyl halides is 3. The molecule has 0 amide bonds. The number of likely N-dealkylation sites (tertiary alicyclic amines) is 1. The van der Waals surface area contributed by atoms with E-state index in [0.717, 1.165) is 6.54 Å². The van der Waals surface area contributed by atoms with Crippen molar-refractivity contribution in [1.29, 1.82) is 0 Å². The summed E-state index contributed by atoms with van der Waals surface area (Å²) >= 11 is 2.24. The molecule has 0 atom stereocenters. The molecule has 1 heterocycles. The Morgan fingerprint density at radius 2 is 1.92 bits per heavy atom. The topological polar surface area (TPSA) is 23.5 Å². The molecule has 1 aliphatic rings. The van der Waals surface area contributed by atoms with Gasteiger partial charge in [0.15, 0.2) is 0 Å². The van der Waals surface area contributed by atoms with Gasteiger partial charge in [0.05, 0.1) is 0 Å². The molecule has 5 heteroatoms. The van der Waals surface area contributed by atoms with Crippen molar-refractivity contribution in [3.8, 4) is 0 Å². The van der Waals surface area contributed by atoms with Gasteiger partial charge in [-0.05, 0) is 35.3 Å². The van der Waals surface area contributed by atoms with Gasteiger partial charge in [-0.15, -0.1) is 0 Å². The Kier molecular flexibility index (Phi) is 3.30. The van der Waals surface area contributed by atoms with E-state index >= 15 is 0 Å². The molecular formula is C8H14BrF2NO. The van der Waals surface area contributed by atoms with Crippen molar-refractivity contribution >= 4 is 15.9 Å². The zero-order chi connectivity index (χ0) is 10.1. The molecule has 0 unspecified atom stereocenters. The highest BCUT2D eigenvalue weighted by Gasteiger charge is 2.51. The minimum atomic E-state index is -3.17. The smallest absolute Gasteiger partial charge is 0.329 e. The molecule has 0 aromatic carbocycles. The Labute approximate surface area is 85.0 Å². The third kappa shape index (κ3) is 2.39. The fourth-order valence-corrected chi connectivity index (χ4v) is 1.92. The maximum absolute atomic E-state index is 12.9. The van der Waals surface area contributed by atoms with Gasteiger partial charge in [-0.2, -0.15) is 8.78 Å². The maximum Gasteiger partial charge on any atom is 0.329 e. The molecule has 0 spiro atoms. The Morgan fingerprint density at radius 1 is 1.46 bits per heavy atom. The normalized spacial score (nSPS) is 24.7. The van der Waals surface area contributed by atoms with Crippen LogP contribution in [0.5, 0.6) is 0 Å². The Hall–Kier alpha value is 0.260. The molecule has 2 nitrogen and oxygen atoms in total. The molecule has 1 rings (SSSR count). The van der Waals surface area contributed by atoms with Crippen molar-refractivity contribution in [3.63, 3.8) is 0 Å². The molecule has 1 aliphatic heterocycles. The molecular weight excluding hydrogens is 244 g/mol. The highest BCUT2D eigenvalue weighted by Crippen LogP contribution is 2.41. The second-order valence-corrected chi connectivity index (χ2v) is 4.46. The standard InChI is InChI=1S/C8H14BrF2NO/c1-2-12-5-3-7(13,4-6-12)8(9,10)11/h13H,2-6H2,1H3. The minimum absolute atomic E-state index is 0.124. The molecule has 0 aromatic heterocycles. The predicted octanol–water partition coefficient (Wildman–Crippen LogP) is 1.82. The van der Waals surface area contributed by atoms with Crippen molar-refractivity contribution in [2.24, 2.45) is 0 Å². The highest BCUT2D eigenvalue weighted by molar-refractivity contribution is 9.10. The van der Waals surface area contributed by atoms with Crippen LogP contribution in [-0.4, -0.2) is 40.1 Å². The van der Waals surface area contributed by atoms with E-state index in [9.17, 15) is 13.9 Å². The van der Waals surface area contributed by atoms with Crippen LogP contribution < -0.4 is 0 Å². The van der Waals surface area contributed by atoms with Crippen LogP contribution >= 0.6 is 15.9 Å². The largest absolute Gasteiger partial charge is 0.383 e. The third-order valence-corrected chi connectivity index (χ3v) is 3.40. The average Bonchev–Trinajstić information content (AvgIpc) is 2.04. The zero-order valence-corrected chi connectivity index (χ0v) is 9.15. The number of aliphatic hydroxyl groups is 1. The Bertz CT molecular complexity index is 175. The van der Waals surface area contributed by atoms with Crippen LogP contribution in [0.25, 0.3) is 0 Å². The first-order valence-electron chi connectivity index (χ1n) is 4.40. The Balaban J connectivity index is 2.57. The molecule has 0 saturated carbocycles. The molecule has 0 aliphatic carbocycles. The van der Waals surface area contributed by atoms with Crippen LogP contribution in [0, 0.1) is 0 Å². The highest BCUT2D eigenvalue weighted by atomic mass is 79.9. The van der Waals surface area contributed by atoms with Gasteiger partial charge in [-0.1, -0.05) is 6.92 Å². The lowest BCUT2D eigenvalue weighted by Crippen LogP contribution is -2.52. The minimum Gasteiger partial charge on any atom is -0.383 e. The summed E-state index contributed by atoms with van der Waals surface area (Å²) in [5, 5.41) is 9.60. The van der Waals surface area contributed by atoms with E-state index in [2.05, 4.69) is 15.9 Å². The van der Waals surface area contributed by atoms with Gasteiger partial charge < -0.3 is 10.0 Å². The van der Waals surface area contributed by atoms with E-state index < -0.39 is 10.4 Å². The van der Waals surface area contributed by atoms with E-state index in [-0.39, 0.29) is 12.8 Å². The summed E-state index contributed by atoms with van der Waals surface area (Å²) in [6.45, 7) is 3.91. The zero-order valence-electron chi connectivity index (χ0n) is 7.56. The first-order valence-corrected chi connectivity index (χ1v) is 5.20. The number of piperidine rings is 1. The van der Waals surface area contributed by atoms with Crippen molar-refractivity contribution in [2.45, 2.75) is 30.2 Å². The lowest BCUT2D eigenvalue weighted by molar-refractivity contribution is -0.142. The van der Waals surface area contributed by atoms with Gasteiger partial charge >= 0.3 is 4.83 Å². The van der Waals surface area contributed by atoms with Gasteiger partial charge in [0.1, 0.15) is 5.60 Å². The molecule has 1 N–H and O–H groups in total. The molecule has 13 heavy (non-hydrogen) atoms. The first-order chi connectivity index (χ1) is 5.89. The van der Waals surface area contributed by atoms with Crippen LogP contribution in [0.3, 0.4) is 0 Å². The summed E-state index contributed by atoms with van der Waals surface area (Å²) in [7, 11) is 0. The lowest BCUT2D eigenvalue weighted by atomic mass is 9.92. The van der Waals surface area contributed by atoms with Crippen LogP contribution in [0.2, 0.25) is 0 Å². The lowest BCUT2D eigenvalue weighted by Gasteiger charge is -2.39. The van der Waals surface area contributed by atoms with Crippen molar-refractivity contribution < 1.29 is 13.9 Å². The van der Waals surface area contributed by atoms with Crippen molar-refractivity contribution in [1.82, 2.24) is 4.90 Å². The van der Waals surface area contributed by atoms with E-state index in [1.165, 1.54) is 0 Å². The summed E-state index contributed by atoms with van der Waals surface area (Å²) in [6, 6.07) is 0. The maximum atomic E-state index is 12.9. The first kappa shape index (κ1) is 11.3. The van der Waals surface area contributed by atoms with Crippen molar-refractivity contribution in [2.75, 3.05) is 19.6 Å². The van der Waals surface area contributed by atoms with Gasteiger partial charge in [-0.25, -0.2) is 0 Å². The van der Waals surface area contributed by atoms with Gasteiger partial charge in [0.25, 0.3) is 0 Å². The number of rotatable bonds is 2. The molecule has 0 radical (unpaired) electrons. The number of nitrogens with zero attached hydrogens (tertiary/aromatic N) is 1. The van der Waals surface area contributed by atoms with E-state index in [1.54, 1.807) is 0 Å². The van der Waals surface area contributed by atoms with E-state index in [4.69, 9.17) is 0 Å². The number of hydrogen-bond acceptors (Lipinski definition) is 2. The van der Waals surface area contributed by atoms with Gasteiger partial charge in [0, 0.05) is 13.1 Å². The quantitative estimate of drug-likeness (QED) is 0.764. The van der Waals surface area contributed by atoms with Crippen LogP contribution in [0.1, 0.15) is 19.8 Å². The summed E-state index contributed by atoms with van der Waals surface area (Å²) in [4.78, 5) is -1.12. The molecule has 0 bridgehead atoms. The summed E-state index contributed by atoms with van der Waals surface area (Å²) in [6.07, 6.45) is 0.248. The number of hydrogen-bond donors (Lipinski definition) is 1. The second-order valence-electron chi connectivity index (χ2n) is 3.46. The monoisotopic (exact) mass is 257 g/mol. The fourth-order valence-electron chi connectivity index (χ4n) is 1.52. The fraction of sp³-hybridized carbons (Fsp3) is 1.00. The van der Waals surface area contributed by atoms with Crippen LogP contribution in [0.4, 0.5) is 8.78 Å². The van der Waals surface area contributed by atoms with Crippen LogP contribution in [0.15, 0.2) is 0 Å². The van der Waals surface area contributed by atoms with E-state index in [1.807, 2.05) is 11.8 Å². The average molecular weight is 258 g/mol. The number of halogens is 3. The Morgan fingerprint density at radius 3 is 2.23 bits per heavy atom. The predicted molar refractivity (Wildman–Crippen MR) is 50.2 cm³/mol. The van der Waals surface area contributed by atoms with Gasteiger partial charge in [0.2, 0.25) is 0 Å². The second kappa shape index (κ2) is 3.79. The third-order valence-electron chi connectivity index (χ3n) is 2.66. The summed E-state index contributed by atoms with van der Waals surface area (Å²) < 4.78 is 25.7. The molecule has 1 fully saturated rings. The summed E-state index contributed by atoms with van der Waals surface area (Å²) in [5.74, 6) is 0. The SMILES string of the molecule is CCN1CCC(O)(C(F)(F)Br)CC1. The van der Waals surface area contributed by atoms with E-state index in [0.29, 0.717) is 13.1 Å². The van der Waals surface area contributed by atoms with Crippen molar-refractivity contribution in [3.05, 3.63) is 0 Å². The van der Waals surface area contributed by atoms with Gasteiger partial charge in [-0.3, -0.25) is 0 Å². The summed E-state index contributed by atoms with van der Waals surface area (Å²) in [5.41, 5.74) is -1.86. The molecule has 78 valence electrons. The van der Waals surface area contributed by atoms with Crippen LogP contribution in [-0.2, 0) is 0 Å². The molecule has 1 saturated heterocycles. The molecule has 0 aromatic rings.